The molecule has 1 heterocycles. The molecule has 0 bridgehead atoms. The van der Waals surface area contributed by atoms with Gasteiger partial charge in [-0.3, -0.25) is 0 Å². The molecule has 54 valence electrons. The summed E-state index contributed by atoms with van der Waals surface area (Å²) in [5.41, 5.74) is -0.417. The van der Waals surface area contributed by atoms with E-state index in [1.54, 1.807) is 0 Å². The molecule has 1 aromatic rings. The number of rotatable bonds is 1. The van der Waals surface area contributed by atoms with E-state index in [0.717, 1.165) is 0 Å². The zero-order valence-electron chi connectivity index (χ0n) is 6.17. The molecule has 4 nitrogen and oxygen atoms in total. The summed E-state index contributed by atoms with van der Waals surface area (Å²) in [4.78, 5) is 10.7. The first-order valence-electron chi connectivity index (χ1n) is 2.48. The van der Waals surface area contributed by atoms with Gasteiger partial charge in [-0.25, -0.2) is 0 Å². The molecular weight excluding hydrogens is 285 g/mol. The number of halogens is 1. The largest absolute Gasteiger partial charge is 1.00 e. The van der Waals surface area contributed by atoms with Gasteiger partial charge in [-0.05, 0) is 15.9 Å². The van der Waals surface area contributed by atoms with Gasteiger partial charge >= 0.3 is 58.2 Å². The second-order valence-corrected chi connectivity index (χ2v) is 2.33. The van der Waals surface area contributed by atoms with Crippen LogP contribution in [0.15, 0.2) is 15.5 Å². The quantitative estimate of drug-likeness (QED) is 0.559. The van der Waals surface area contributed by atoms with Gasteiger partial charge in [-0.2, -0.15) is 0 Å². The molecule has 0 fully saturated rings. The molecule has 0 aromatic carbocycles. The fraction of sp³-hybridized carbons (Fsp3) is 0.200. The molecule has 1 rings (SSSR count). The van der Waals surface area contributed by atoms with Crippen molar-refractivity contribution in [2.75, 3.05) is 7.11 Å². The van der Waals surface area contributed by atoms with Crippen molar-refractivity contribution < 1.29 is 62.9 Å². The van der Waals surface area contributed by atoms with E-state index in [0.29, 0.717) is 10.2 Å². The number of nitrogens with zero attached hydrogens (tertiary/aromatic N) is 2. The summed E-state index contributed by atoms with van der Waals surface area (Å²) in [7, 11) is 1.46. The average Bonchev–Trinajstić information content (AvgIpc) is 1.95. The van der Waals surface area contributed by atoms with Crippen molar-refractivity contribution in [3.8, 4) is 5.75 Å². The van der Waals surface area contributed by atoms with Crippen LogP contribution in [0.2, 0.25) is 0 Å². The second kappa shape index (κ2) is 5.58. The smallest absolute Gasteiger partial charge is 0.540 e. The SMILES string of the molecule is COc1cn[n-]c(=O)c1Br.[Rb+]. The van der Waals surface area contributed by atoms with Gasteiger partial charge in [-0.15, -0.1) is 0 Å². The van der Waals surface area contributed by atoms with Gasteiger partial charge in [0, 0.05) is 6.20 Å². The maximum Gasteiger partial charge on any atom is 1.00 e. The van der Waals surface area contributed by atoms with Crippen LogP contribution in [-0.2, 0) is 0 Å². The van der Waals surface area contributed by atoms with E-state index in [9.17, 15) is 4.79 Å². The first-order chi connectivity index (χ1) is 4.75. The Kier molecular flexibility index (Phi) is 6.07. The predicted molar refractivity (Wildman–Crippen MR) is 38.1 cm³/mol. The van der Waals surface area contributed by atoms with Gasteiger partial charge in [0.15, 0.2) is 5.75 Å². The van der Waals surface area contributed by atoms with E-state index >= 15 is 0 Å². The summed E-state index contributed by atoms with van der Waals surface area (Å²) >= 11 is 3.00. The molecule has 11 heavy (non-hydrogen) atoms. The van der Waals surface area contributed by atoms with Crippen molar-refractivity contribution in [2.24, 2.45) is 0 Å². The number of aromatic nitrogens is 2. The minimum absolute atomic E-state index is 0. The molecule has 0 atom stereocenters. The topological polar surface area (TPSA) is 53.3 Å². The van der Waals surface area contributed by atoms with Gasteiger partial charge in [0.1, 0.15) is 5.56 Å². The fourth-order valence-corrected chi connectivity index (χ4v) is 0.826. The monoisotopic (exact) mass is 288 g/mol. The molecule has 0 aliphatic heterocycles. The molecular formula is C5H4BrN2O2Rb. The molecule has 0 saturated carbocycles. The normalized spacial score (nSPS) is 8.55. The Morgan fingerprint density at radius 1 is 1.73 bits per heavy atom. The number of hydrogen-bond donors (Lipinski definition) is 0. The minimum Gasteiger partial charge on any atom is -0.540 e. The molecule has 0 N–H and O–H groups in total. The predicted octanol–water partition coefficient (Wildman–Crippen LogP) is -2.83. The van der Waals surface area contributed by atoms with Crippen LogP contribution in [0.1, 0.15) is 0 Å². The molecule has 0 amide bonds. The second-order valence-electron chi connectivity index (χ2n) is 1.53. The van der Waals surface area contributed by atoms with E-state index in [1.807, 2.05) is 0 Å². The van der Waals surface area contributed by atoms with Gasteiger partial charge in [0.05, 0.1) is 11.6 Å². The van der Waals surface area contributed by atoms with Crippen LogP contribution in [0.4, 0.5) is 0 Å². The van der Waals surface area contributed by atoms with Crippen LogP contribution >= 0.6 is 15.9 Å². The van der Waals surface area contributed by atoms with Crippen molar-refractivity contribution >= 4 is 15.9 Å². The summed E-state index contributed by atoms with van der Waals surface area (Å²) in [6.45, 7) is 0. The summed E-state index contributed by atoms with van der Waals surface area (Å²) in [5, 5.41) is 6.65. The van der Waals surface area contributed by atoms with E-state index in [1.165, 1.54) is 13.3 Å². The van der Waals surface area contributed by atoms with Crippen molar-refractivity contribution in [2.45, 2.75) is 0 Å². The molecule has 0 saturated heterocycles. The molecule has 0 unspecified atom stereocenters. The molecule has 0 radical (unpaired) electrons. The van der Waals surface area contributed by atoms with E-state index in [4.69, 9.17) is 4.74 Å². The fourth-order valence-electron chi connectivity index (χ4n) is 0.482. The van der Waals surface area contributed by atoms with Gasteiger partial charge in [-0.1, -0.05) is 0 Å². The van der Waals surface area contributed by atoms with Crippen molar-refractivity contribution in [1.82, 2.24) is 10.2 Å². The van der Waals surface area contributed by atoms with E-state index < -0.39 is 5.56 Å². The summed E-state index contributed by atoms with van der Waals surface area (Å²) in [6.07, 6.45) is 1.37. The van der Waals surface area contributed by atoms with Gasteiger partial charge in [0.2, 0.25) is 0 Å². The Labute approximate surface area is 121 Å². The maximum atomic E-state index is 10.7. The first-order valence-corrected chi connectivity index (χ1v) is 3.27. The number of ether oxygens (including phenoxy) is 1. The third kappa shape index (κ3) is 3.06. The van der Waals surface area contributed by atoms with Crippen LogP contribution in [0.5, 0.6) is 5.75 Å². The number of methoxy groups -OCH3 is 1. The van der Waals surface area contributed by atoms with Crippen LogP contribution in [0.25, 0.3) is 0 Å². The van der Waals surface area contributed by atoms with E-state index in [-0.39, 0.29) is 58.2 Å². The Bertz CT molecular complexity index is 288. The molecule has 0 aliphatic carbocycles. The standard InChI is InChI=1S/C5H5BrN2O2.Rb/c1-10-3-2-7-8-5(9)4(3)6;/h2H,1H3,(H,8,9);/q;+1/p-1. The third-order valence-electron chi connectivity index (χ3n) is 0.948. The Hall–Kier alpha value is 0.965. The summed E-state index contributed by atoms with van der Waals surface area (Å²) < 4.78 is 5.09. The van der Waals surface area contributed by atoms with Gasteiger partial charge < -0.3 is 19.7 Å². The van der Waals surface area contributed by atoms with Crippen LogP contribution in [0.3, 0.4) is 0 Å². The maximum absolute atomic E-state index is 10.7. The molecule has 1 aromatic heterocycles. The summed E-state index contributed by atoms with van der Waals surface area (Å²) in [5.74, 6) is 0.403. The zero-order chi connectivity index (χ0) is 7.56. The van der Waals surface area contributed by atoms with Crippen LogP contribution < -0.4 is 73.6 Å². The van der Waals surface area contributed by atoms with Crippen LogP contribution in [0, 0.1) is 0 Å². The van der Waals surface area contributed by atoms with Crippen molar-refractivity contribution in [3.63, 3.8) is 0 Å². The summed E-state index contributed by atoms with van der Waals surface area (Å²) in [6, 6.07) is 0. The van der Waals surface area contributed by atoms with Gasteiger partial charge in [0.25, 0.3) is 0 Å². The van der Waals surface area contributed by atoms with Crippen molar-refractivity contribution in [3.05, 3.63) is 21.0 Å². The van der Waals surface area contributed by atoms with E-state index in [2.05, 4.69) is 26.1 Å². The molecule has 6 heteroatoms. The number of hydrogen-bond acceptors (Lipinski definition) is 3. The minimum atomic E-state index is -0.417. The average molecular weight is 289 g/mol. The molecule has 0 aliphatic rings. The molecule has 0 spiro atoms. The third-order valence-corrected chi connectivity index (χ3v) is 1.68. The Morgan fingerprint density at radius 3 is 2.82 bits per heavy atom. The first kappa shape index (κ1) is 12.0. The Morgan fingerprint density at radius 2 is 2.36 bits per heavy atom. The Balaban J connectivity index is 0.000001000. The van der Waals surface area contributed by atoms with Crippen LogP contribution in [-0.4, -0.2) is 12.2 Å². The van der Waals surface area contributed by atoms with Crippen molar-refractivity contribution in [1.29, 1.82) is 0 Å². The zero-order valence-corrected chi connectivity index (χ0v) is 12.7.